The molecule has 0 bridgehead atoms. The van der Waals surface area contributed by atoms with Crippen molar-refractivity contribution in [2.45, 2.75) is 49.0 Å². The van der Waals surface area contributed by atoms with Gasteiger partial charge in [-0.15, -0.1) is 0 Å². The van der Waals surface area contributed by atoms with Gasteiger partial charge in [0.15, 0.2) is 17.7 Å². The molecule has 1 amide bonds. The fourth-order valence-corrected chi connectivity index (χ4v) is 5.66. The molecule has 2 fully saturated rings. The van der Waals surface area contributed by atoms with Crippen molar-refractivity contribution in [1.29, 1.82) is 0 Å². The molecule has 2 saturated heterocycles. The number of ether oxygens (including phenoxy) is 2. The summed E-state index contributed by atoms with van der Waals surface area (Å²) in [5.74, 6) is -0.744. The first-order valence-corrected chi connectivity index (χ1v) is 13.8. The maximum absolute atomic E-state index is 13.0. The predicted octanol–water partition coefficient (Wildman–Crippen LogP) is -2.96. The Balaban J connectivity index is 1.31. The van der Waals surface area contributed by atoms with Gasteiger partial charge in [-0.3, -0.25) is 18.4 Å². The Morgan fingerprint density at radius 3 is 2.64 bits per heavy atom. The van der Waals surface area contributed by atoms with Gasteiger partial charge in [-0.05, 0) is 0 Å². The van der Waals surface area contributed by atoms with Gasteiger partial charge in [-0.1, -0.05) is 0 Å². The van der Waals surface area contributed by atoms with Crippen molar-refractivity contribution in [3.63, 3.8) is 0 Å². The quantitative estimate of drug-likeness (QED) is 0.0888. The van der Waals surface area contributed by atoms with Crippen LogP contribution in [0.4, 0.5) is 5.82 Å². The number of aromatic nitrogens is 6. The Kier molecular flexibility index (Phi) is 8.36. The highest BCUT2D eigenvalue weighted by molar-refractivity contribution is 7.47. The smallest absolute Gasteiger partial charge is 0.394 e. The van der Waals surface area contributed by atoms with Crippen molar-refractivity contribution < 1.29 is 53.2 Å². The van der Waals surface area contributed by atoms with Crippen LogP contribution in [0.5, 0.6) is 0 Å². The van der Waals surface area contributed by atoms with Crippen molar-refractivity contribution in [3.05, 3.63) is 30.4 Å². The fourth-order valence-electron chi connectivity index (χ4n) is 4.72. The van der Waals surface area contributed by atoms with Gasteiger partial charge in [0.2, 0.25) is 5.82 Å². The van der Waals surface area contributed by atoms with Crippen molar-refractivity contribution in [3.8, 4) is 0 Å². The van der Waals surface area contributed by atoms with E-state index in [4.69, 9.17) is 24.3 Å². The highest BCUT2D eigenvalue weighted by Crippen LogP contribution is 2.50. The summed E-state index contributed by atoms with van der Waals surface area (Å²) in [6.07, 6.45) is -7.88. The lowest BCUT2D eigenvalue weighted by atomic mass is 10.1. The standard InChI is InChI=1S/C21H28N9O11P/c1-23-20(35)19-25-3-8(30(19)24-2)15-16(13(33)9(4-31)39-15)41-42(36,37)38-5-10-12(32)14(34)21(40-10)29-7-28-11-17(22)26-6-27-18(11)29/h3,6-7,9-10,12-16,21,31-34H,2,4-5H2,1H3,(H,23,35)(H,36,37)(H2,22,26,27)/t9-,10-,12-,13-,14-,15+,16-,21-/m1/s1. The van der Waals surface area contributed by atoms with E-state index in [1.54, 1.807) is 0 Å². The maximum atomic E-state index is 13.0. The second-order valence-electron chi connectivity index (χ2n) is 9.27. The van der Waals surface area contributed by atoms with Crippen LogP contribution >= 0.6 is 7.82 Å². The number of carbonyl (C=O) groups excluding carboxylic acids is 1. The van der Waals surface area contributed by atoms with Crippen LogP contribution in [0.15, 0.2) is 24.0 Å². The summed E-state index contributed by atoms with van der Waals surface area (Å²) >= 11 is 0. The number of phosphoric acid groups is 1. The molecule has 0 saturated carbocycles. The molecule has 5 rings (SSSR count). The Bertz CT molecular complexity index is 1520. The van der Waals surface area contributed by atoms with E-state index < -0.39 is 75.9 Å². The van der Waals surface area contributed by atoms with Crippen LogP contribution in [0.3, 0.4) is 0 Å². The average Bonchev–Trinajstić information content (AvgIpc) is 3.73. The van der Waals surface area contributed by atoms with Crippen molar-refractivity contribution in [1.82, 2.24) is 34.5 Å². The summed E-state index contributed by atoms with van der Waals surface area (Å²) < 4.78 is 36.9. The maximum Gasteiger partial charge on any atom is 0.472 e. The monoisotopic (exact) mass is 613 g/mol. The van der Waals surface area contributed by atoms with Gasteiger partial charge in [0, 0.05) is 13.8 Å². The van der Waals surface area contributed by atoms with E-state index in [1.165, 1.54) is 30.5 Å². The number of nitrogen functional groups attached to an aromatic ring is 1. The molecule has 2 aliphatic rings. The van der Waals surface area contributed by atoms with Gasteiger partial charge in [0.1, 0.15) is 54.6 Å². The molecule has 0 radical (unpaired) electrons. The topological polar surface area (TPSA) is 284 Å². The largest absolute Gasteiger partial charge is 0.472 e. The third kappa shape index (κ3) is 5.28. The van der Waals surface area contributed by atoms with Crippen LogP contribution in [0.2, 0.25) is 0 Å². The molecule has 0 spiro atoms. The number of aliphatic hydroxyl groups excluding tert-OH is 4. The van der Waals surface area contributed by atoms with Crippen LogP contribution in [-0.2, 0) is 23.1 Å². The normalized spacial score (nSPS) is 30.9. The van der Waals surface area contributed by atoms with Gasteiger partial charge in [0.05, 0.1) is 31.4 Å². The molecule has 3 aromatic rings. The number of anilines is 1. The molecule has 228 valence electrons. The first-order chi connectivity index (χ1) is 20.0. The van der Waals surface area contributed by atoms with E-state index in [0.717, 1.165) is 4.68 Å². The molecule has 1 unspecified atom stereocenters. The molecule has 20 nitrogen and oxygen atoms in total. The van der Waals surface area contributed by atoms with Crippen LogP contribution in [0, 0.1) is 0 Å². The molecule has 0 aromatic carbocycles. The highest BCUT2D eigenvalue weighted by atomic mass is 31.2. The first-order valence-electron chi connectivity index (χ1n) is 12.3. The van der Waals surface area contributed by atoms with Gasteiger partial charge in [0.25, 0.3) is 5.91 Å². The molecular weight excluding hydrogens is 585 g/mol. The molecule has 21 heteroatoms. The van der Waals surface area contributed by atoms with Crippen LogP contribution in [0.1, 0.15) is 28.6 Å². The number of imidazole rings is 2. The first kappa shape index (κ1) is 30.0. The third-order valence-corrected chi connectivity index (χ3v) is 7.79. The van der Waals surface area contributed by atoms with Crippen molar-refractivity contribution in [2.75, 3.05) is 26.0 Å². The van der Waals surface area contributed by atoms with E-state index in [9.17, 15) is 34.7 Å². The fraction of sp³-hybridized carbons (Fsp3) is 0.524. The number of rotatable bonds is 10. The Morgan fingerprint density at radius 2 is 1.95 bits per heavy atom. The minimum Gasteiger partial charge on any atom is -0.394 e. The second-order valence-corrected chi connectivity index (χ2v) is 10.7. The summed E-state index contributed by atoms with van der Waals surface area (Å²) in [4.78, 5) is 38.6. The summed E-state index contributed by atoms with van der Waals surface area (Å²) in [5, 5.41) is 47.6. The van der Waals surface area contributed by atoms with E-state index in [1.807, 2.05) is 0 Å². The second kappa shape index (κ2) is 11.7. The summed E-state index contributed by atoms with van der Waals surface area (Å²) in [6, 6.07) is 0. The molecule has 5 heterocycles. The minimum atomic E-state index is -5.05. The van der Waals surface area contributed by atoms with E-state index in [-0.39, 0.29) is 28.5 Å². The number of hydrogen-bond donors (Lipinski definition) is 7. The minimum absolute atomic E-state index is 0.0149. The summed E-state index contributed by atoms with van der Waals surface area (Å²) in [7, 11) is -3.68. The summed E-state index contributed by atoms with van der Waals surface area (Å²) in [5.41, 5.74) is 6.25. The molecule has 8 N–H and O–H groups in total. The Labute approximate surface area is 236 Å². The van der Waals surface area contributed by atoms with E-state index in [0.29, 0.717) is 0 Å². The Hall–Kier alpha value is -3.43. The van der Waals surface area contributed by atoms with Gasteiger partial charge < -0.3 is 45.8 Å². The number of carbonyl (C=O) groups is 1. The summed E-state index contributed by atoms with van der Waals surface area (Å²) in [6.45, 7) is 1.95. The zero-order chi connectivity index (χ0) is 30.3. The number of aliphatic hydroxyl groups is 4. The van der Waals surface area contributed by atoms with Crippen LogP contribution in [0.25, 0.3) is 11.2 Å². The molecule has 0 aliphatic carbocycles. The van der Waals surface area contributed by atoms with Crippen molar-refractivity contribution >= 4 is 37.4 Å². The van der Waals surface area contributed by atoms with E-state index >= 15 is 0 Å². The highest BCUT2D eigenvalue weighted by Gasteiger charge is 2.51. The number of phosphoric ester groups is 1. The molecule has 2 aliphatic heterocycles. The average molecular weight is 613 g/mol. The zero-order valence-corrected chi connectivity index (χ0v) is 22.7. The van der Waals surface area contributed by atoms with Crippen molar-refractivity contribution in [2.24, 2.45) is 5.10 Å². The molecule has 42 heavy (non-hydrogen) atoms. The van der Waals surface area contributed by atoms with Crippen LogP contribution in [-0.4, -0.2) is 124 Å². The SMILES string of the molecule is C=Nn1c([C@@H]2O[C@H](CO)[C@@H](O)[C@H]2OP(=O)(O)OC[C@H]2O[C@@H](n3cnc4c(N)ncnc43)[C@H](O)[C@@H]2O)cnc1C(=O)NC. The number of amides is 1. The molecule has 3 aromatic heterocycles. The molecular formula is C21H28N9O11P. The number of nitrogens with two attached hydrogens (primary N) is 1. The number of nitrogens with zero attached hydrogens (tertiary/aromatic N) is 7. The predicted molar refractivity (Wildman–Crippen MR) is 138 cm³/mol. The lowest BCUT2D eigenvalue weighted by Gasteiger charge is -2.24. The van der Waals surface area contributed by atoms with Gasteiger partial charge >= 0.3 is 7.82 Å². The van der Waals surface area contributed by atoms with Crippen LogP contribution < -0.4 is 11.1 Å². The third-order valence-electron chi connectivity index (χ3n) is 6.80. The number of hydrogen-bond acceptors (Lipinski definition) is 16. The molecule has 9 atom stereocenters. The van der Waals surface area contributed by atoms with Gasteiger partial charge in [-0.2, -0.15) is 5.10 Å². The number of nitrogens with one attached hydrogen (secondary N) is 1. The lowest BCUT2D eigenvalue weighted by molar-refractivity contribution is -0.0558. The Morgan fingerprint density at radius 1 is 1.19 bits per heavy atom. The number of fused-ring (bicyclic) bond motifs is 1. The van der Waals surface area contributed by atoms with E-state index in [2.05, 4.69) is 37.1 Å². The lowest BCUT2D eigenvalue weighted by Crippen LogP contribution is -2.35. The van der Waals surface area contributed by atoms with Gasteiger partial charge in [-0.25, -0.2) is 29.2 Å². The zero-order valence-electron chi connectivity index (χ0n) is 21.8.